The van der Waals surface area contributed by atoms with Gasteiger partial charge in [0.05, 0.1) is 5.56 Å². The topological polar surface area (TPSA) is 45.5 Å². The molecule has 2 aromatic rings. The molecule has 2 bridgehead atoms. The number of fused-ring (bicyclic) bond motifs is 3. The molecule has 2 fully saturated rings. The Balaban J connectivity index is 0.00000132. The molecule has 2 unspecified atom stereocenters. The lowest BCUT2D eigenvalue weighted by atomic mass is 10.1. The monoisotopic (exact) mass is 306 g/mol. The number of nitrogens with zero attached hydrogens (tertiary/aromatic N) is 1. The van der Waals surface area contributed by atoms with Crippen molar-refractivity contribution >= 4 is 29.3 Å². The molecule has 2 saturated heterocycles. The first-order valence-corrected chi connectivity index (χ1v) is 7.33. The fourth-order valence-corrected chi connectivity index (χ4v) is 3.44. The summed E-state index contributed by atoms with van der Waals surface area (Å²) < 4.78 is 5.49. The molecular weight excluding hydrogens is 288 g/mol. The van der Waals surface area contributed by atoms with Crippen LogP contribution in [0.25, 0.3) is 11.0 Å². The van der Waals surface area contributed by atoms with Crippen LogP contribution in [0.3, 0.4) is 0 Å². The minimum atomic E-state index is 0. The summed E-state index contributed by atoms with van der Waals surface area (Å²) in [5.41, 5.74) is 1.48. The quantitative estimate of drug-likeness (QED) is 0.881. The highest BCUT2D eigenvalue weighted by molar-refractivity contribution is 6.05. The zero-order chi connectivity index (χ0) is 13.5. The lowest BCUT2D eigenvalue weighted by Crippen LogP contribution is -2.38. The van der Waals surface area contributed by atoms with Gasteiger partial charge in [0, 0.05) is 30.6 Å². The van der Waals surface area contributed by atoms with E-state index in [1.54, 1.807) is 6.26 Å². The van der Waals surface area contributed by atoms with Crippen LogP contribution >= 0.6 is 12.4 Å². The van der Waals surface area contributed by atoms with Crippen molar-refractivity contribution in [1.29, 1.82) is 0 Å². The molecule has 1 aromatic carbocycles. The van der Waals surface area contributed by atoms with E-state index in [0.29, 0.717) is 17.6 Å². The molecule has 1 N–H and O–H groups in total. The number of carbonyl (C=O) groups is 1. The second-order valence-corrected chi connectivity index (χ2v) is 5.82. The van der Waals surface area contributed by atoms with Gasteiger partial charge < -0.3 is 14.6 Å². The molecule has 21 heavy (non-hydrogen) atoms. The van der Waals surface area contributed by atoms with Gasteiger partial charge in [0.2, 0.25) is 0 Å². The first kappa shape index (κ1) is 14.4. The molecule has 4 nitrogen and oxygen atoms in total. The van der Waals surface area contributed by atoms with Crippen LogP contribution < -0.4 is 5.32 Å². The number of rotatable bonds is 1. The molecule has 0 radical (unpaired) electrons. The third-order valence-corrected chi connectivity index (χ3v) is 4.52. The van der Waals surface area contributed by atoms with Gasteiger partial charge in [-0.2, -0.15) is 0 Å². The molecule has 0 saturated carbocycles. The SMILES string of the molecule is Cl.O=C(c1coc2ccccc12)N1CCC2CCC(C1)N2. The van der Waals surface area contributed by atoms with Crippen molar-refractivity contribution in [3.63, 3.8) is 0 Å². The molecule has 5 heteroatoms. The normalized spacial score (nSPS) is 24.7. The number of carbonyl (C=O) groups excluding carboxylic acids is 1. The minimum absolute atomic E-state index is 0. The van der Waals surface area contributed by atoms with E-state index in [1.165, 1.54) is 12.8 Å². The van der Waals surface area contributed by atoms with Crippen LogP contribution in [-0.2, 0) is 0 Å². The van der Waals surface area contributed by atoms with Crippen molar-refractivity contribution in [2.75, 3.05) is 13.1 Å². The van der Waals surface area contributed by atoms with Crippen molar-refractivity contribution in [2.45, 2.75) is 31.3 Å². The predicted octanol–water partition coefficient (Wildman–Crippen LogP) is 2.82. The first-order valence-electron chi connectivity index (χ1n) is 7.33. The van der Waals surface area contributed by atoms with Crippen LogP contribution in [0.2, 0.25) is 0 Å². The average Bonchev–Trinajstić information content (AvgIpc) is 3.01. The molecule has 1 amide bonds. The highest BCUT2D eigenvalue weighted by Gasteiger charge is 2.32. The Kier molecular flexibility index (Phi) is 3.91. The van der Waals surface area contributed by atoms with Crippen molar-refractivity contribution in [2.24, 2.45) is 0 Å². The van der Waals surface area contributed by atoms with Crippen LogP contribution in [0.4, 0.5) is 0 Å². The molecular formula is C16H19ClN2O2. The van der Waals surface area contributed by atoms with Gasteiger partial charge in [0.1, 0.15) is 11.8 Å². The third kappa shape index (κ3) is 2.54. The average molecular weight is 307 g/mol. The Morgan fingerprint density at radius 1 is 1.19 bits per heavy atom. The number of hydrogen-bond donors (Lipinski definition) is 1. The van der Waals surface area contributed by atoms with Crippen molar-refractivity contribution in [3.8, 4) is 0 Å². The summed E-state index contributed by atoms with van der Waals surface area (Å²) in [6, 6.07) is 8.78. The Hall–Kier alpha value is -1.52. The highest BCUT2D eigenvalue weighted by Crippen LogP contribution is 2.25. The molecule has 112 valence electrons. The summed E-state index contributed by atoms with van der Waals surface area (Å²) in [6.45, 7) is 1.65. The smallest absolute Gasteiger partial charge is 0.257 e. The number of hydrogen-bond acceptors (Lipinski definition) is 3. The predicted molar refractivity (Wildman–Crippen MR) is 83.9 cm³/mol. The molecule has 0 spiro atoms. The summed E-state index contributed by atoms with van der Waals surface area (Å²) in [5, 5.41) is 4.52. The van der Waals surface area contributed by atoms with E-state index in [-0.39, 0.29) is 18.3 Å². The number of furan rings is 1. The van der Waals surface area contributed by atoms with Crippen LogP contribution in [0.1, 0.15) is 29.6 Å². The molecule has 3 heterocycles. The Bertz CT molecular complexity index is 655. The maximum absolute atomic E-state index is 12.7. The lowest BCUT2D eigenvalue weighted by molar-refractivity contribution is 0.0749. The Morgan fingerprint density at radius 3 is 2.90 bits per heavy atom. The number of nitrogens with one attached hydrogen (secondary N) is 1. The van der Waals surface area contributed by atoms with Crippen LogP contribution in [0.5, 0.6) is 0 Å². The molecule has 4 rings (SSSR count). The van der Waals surface area contributed by atoms with Crippen LogP contribution in [0, 0.1) is 0 Å². The van der Waals surface area contributed by atoms with E-state index < -0.39 is 0 Å². The van der Waals surface area contributed by atoms with E-state index in [2.05, 4.69) is 5.32 Å². The van der Waals surface area contributed by atoms with Crippen LogP contribution in [0.15, 0.2) is 34.9 Å². The van der Waals surface area contributed by atoms with Gasteiger partial charge in [-0.15, -0.1) is 12.4 Å². The lowest BCUT2D eigenvalue weighted by Gasteiger charge is -2.23. The van der Waals surface area contributed by atoms with Gasteiger partial charge in [-0.05, 0) is 25.3 Å². The molecule has 1 aromatic heterocycles. The van der Waals surface area contributed by atoms with Gasteiger partial charge in [0.15, 0.2) is 0 Å². The van der Waals surface area contributed by atoms with Crippen LogP contribution in [-0.4, -0.2) is 36.0 Å². The summed E-state index contributed by atoms with van der Waals surface area (Å²) in [4.78, 5) is 14.7. The van der Waals surface area contributed by atoms with Gasteiger partial charge in [0.25, 0.3) is 5.91 Å². The standard InChI is InChI=1S/C16H18N2O2.ClH/c19-16(14-10-20-15-4-2-1-3-13(14)15)18-8-7-11-5-6-12(9-18)17-11;/h1-4,10-12,17H,5-9H2;1H. The van der Waals surface area contributed by atoms with Gasteiger partial charge in [-0.1, -0.05) is 18.2 Å². The number of likely N-dealkylation sites (tertiary alicyclic amines) is 1. The van der Waals surface area contributed by atoms with E-state index in [0.717, 1.165) is 30.5 Å². The zero-order valence-electron chi connectivity index (χ0n) is 11.7. The number of halogens is 1. The van der Waals surface area contributed by atoms with Gasteiger partial charge >= 0.3 is 0 Å². The summed E-state index contributed by atoms with van der Waals surface area (Å²) in [7, 11) is 0. The third-order valence-electron chi connectivity index (χ3n) is 4.52. The second-order valence-electron chi connectivity index (χ2n) is 5.82. The minimum Gasteiger partial charge on any atom is -0.463 e. The Labute approximate surface area is 129 Å². The fourth-order valence-electron chi connectivity index (χ4n) is 3.44. The molecule has 2 atom stereocenters. The number of benzene rings is 1. The summed E-state index contributed by atoms with van der Waals surface area (Å²) in [5.74, 6) is 0.101. The fraction of sp³-hybridized carbons (Fsp3) is 0.438. The Morgan fingerprint density at radius 2 is 2.00 bits per heavy atom. The largest absolute Gasteiger partial charge is 0.463 e. The highest BCUT2D eigenvalue weighted by atomic mass is 35.5. The summed E-state index contributed by atoms with van der Waals surface area (Å²) >= 11 is 0. The van der Waals surface area contributed by atoms with E-state index in [4.69, 9.17) is 4.42 Å². The molecule has 2 aliphatic heterocycles. The maximum atomic E-state index is 12.7. The summed E-state index contributed by atoms with van der Waals surface area (Å²) in [6.07, 6.45) is 5.09. The van der Waals surface area contributed by atoms with Gasteiger partial charge in [-0.25, -0.2) is 0 Å². The number of amides is 1. The van der Waals surface area contributed by atoms with E-state index in [9.17, 15) is 4.79 Å². The molecule has 0 aliphatic carbocycles. The van der Waals surface area contributed by atoms with Crippen molar-refractivity contribution in [1.82, 2.24) is 10.2 Å². The number of para-hydroxylation sites is 1. The van der Waals surface area contributed by atoms with Gasteiger partial charge in [-0.3, -0.25) is 4.79 Å². The zero-order valence-corrected chi connectivity index (χ0v) is 12.6. The van der Waals surface area contributed by atoms with Crippen molar-refractivity contribution < 1.29 is 9.21 Å². The maximum Gasteiger partial charge on any atom is 0.257 e. The van der Waals surface area contributed by atoms with E-state index in [1.807, 2.05) is 29.2 Å². The molecule has 2 aliphatic rings. The van der Waals surface area contributed by atoms with E-state index >= 15 is 0 Å². The van der Waals surface area contributed by atoms with Crippen molar-refractivity contribution in [3.05, 3.63) is 36.1 Å². The first-order chi connectivity index (χ1) is 9.81. The second kappa shape index (κ2) is 5.70.